The molecule has 0 aliphatic heterocycles. The molecular weight excluding hydrogens is 266 g/mol. The van der Waals surface area contributed by atoms with Gasteiger partial charge in [0.15, 0.2) is 5.82 Å². The number of rotatable bonds is 8. The summed E-state index contributed by atoms with van der Waals surface area (Å²) in [5.74, 6) is 1.20. The molecule has 0 aliphatic carbocycles. The van der Waals surface area contributed by atoms with Crippen LogP contribution in [0.4, 0.5) is 17.5 Å². The number of hydrogen-bond donors (Lipinski definition) is 2. The summed E-state index contributed by atoms with van der Waals surface area (Å²) in [4.78, 5) is 4.40. The second-order valence-corrected chi connectivity index (χ2v) is 4.57. The van der Waals surface area contributed by atoms with Gasteiger partial charge in [0.1, 0.15) is 0 Å². The molecular formula is C15H21N5O. The number of anilines is 3. The van der Waals surface area contributed by atoms with Gasteiger partial charge in [-0.25, -0.2) is 0 Å². The SMILES string of the molecule is CCc1ccccc1Nc1cnnc(NCCCOC)n1. The van der Waals surface area contributed by atoms with Gasteiger partial charge < -0.3 is 15.4 Å². The molecule has 0 spiro atoms. The second-order valence-electron chi connectivity index (χ2n) is 4.57. The third-order valence-electron chi connectivity index (χ3n) is 3.03. The van der Waals surface area contributed by atoms with Crippen molar-refractivity contribution in [1.29, 1.82) is 0 Å². The third-order valence-corrected chi connectivity index (χ3v) is 3.03. The van der Waals surface area contributed by atoms with Gasteiger partial charge in [0.2, 0.25) is 5.95 Å². The fraction of sp³-hybridized carbons (Fsp3) is 0.400. The van der Waals surface area contributed by atoms with Gasteiger partial charge in [0, 0.05) is 25.9 Å². The van der Waals surface area contributed by atoms with Crippen LogP contribution in [0, 0.1) is 0 Å². The Kier molecular flexibility index (Phi) is 5.90. The van der Waals surface area contributed by atoms with Crippen molar-refractivity contribution in [2.45, 2.75) is 19.8 Å². The van der Waals surface area contributed by atoms with Crippen molar-refractivity contribution in [2.75, 3.05) is 30.9 Å². The number of nitrogens with one attached hydrogen (secondary N) is 2. The van der Waals surface area contributed by atoms with Crippen LogP contribution in [0.5, 0.6) is 0 Å². The molecule has 0 radical (unpaired) electrons. The first kappa shape index (κ1) is 15.2. The standard InChI is InChI=1S/C15H21N5O/c1-3-12-7-4-5-8-13(12)18-14-11-17-20-15(19-14)16-9-6-10-21-2/h4-5,7-8,11H,3,6,9-10H2,1-2H3,(H2,16,18,19,20). The lowest BCUT2D eigenvalue weighted by Crippen LogP contribution is -2.09. The van der Waals surface area contributed by atoms with E-state index in [1.54, 1.807) is 13.3 Å². The van der Waals surface area contributed by atoms with Crippen molar-refractivity contribution in [2.24, 2.45) is 0 Å². The minimum absolute atomic E-state index is 0.519. The van der Waals surface area contributed by atoms with Crippen LogP contribution < -0.4 is 10.6 Å². The normalized spacial score (nSPS) is 10.4. The first-order chi connectivity index (χ1) is 10.3. The van der Waals surface area contributed by atoms with Gasteiger partial charge in [-0.2, -0.15) is 10.1 Å². The third kappa shape index (κ3) is 4.68. The Labute approximate surface area is 125 Å². The lowest BCUT2D eigenvalue weighted by Gasteiger charge is -2.10. The van der Waals surface area contributed by atoms with Gasteiger partial charge in [0.05, 0.1) is 6.20 Å². The van der Waals surface area contributed by atoms with Crippen LogP contribution >= 0.6 is 0 Å². The predicted molar refractivity (Wildman–Crippen MR) is 83.9 cm³/mol. The van der Waals surface area contributed by atoms with E-state index in [0.717, 1.165) is 25.1 Å². The van der Waals surface area contributed by atoms with Gasteiger partial charge in [-0.15, -0.1) is 5.10 Å². The topological polar surface area (TPSA) is 72.0 Å². The molecule has 2 aromatic rings. The van der Waals surface area contributed by atoms with E-state index in [1.165, 1.54) is 5.56 Å². The molecule has 0 fully saturated rings. The second kappa shape index (κ2) is 8.16. The monoisotopic (exact) mass is 287 g/mol. The maximum atomic E-state index is 5.00. The Morgan fingerprint density at radius 2 is 2.10 bits per heavy atom. The van der Waals surface area contributed by atoms with Gasteiger partial charge in [-0.05, 0) is 24.5 Å². The van der Waals surface area contributed by atoms with Gasteiger partial charge in [0.25, 0.3) is 0 Å². The molecule has 21 heavy (non-hydrogen) atoms. The Morgan fingerprint density at radius 1 is 1.24 bits per heavy atom. The molecule has 0 unspecified atom stereocenters. The zero-order chi connectivity index (χ0) is 14.9. The van der Waals surface area contributed by atoms with E-state index in [9.17, 15) is 0 Å². The quantitative estimate of drug-likeness (QED) is 0.727. The molecule has 2 N–H and O–H groups in total. The van der Waals surface area contributed by atoms with Crippen LogP contribution in [0.2, 0.25) is 0 Å². The van der Waals surface area contributed by atoms with Crippen molar-refractivity contribution >= 4 is 17.5 Å². The lowest BCUT2D eigenvalue weighted by molar-refractivity contribution is 0.197. The van der Waals surface area contributed by atoms with Crippen LogP contribution in [0.3, 0.4) is 0 Å². The minimum Gasteiger partial charge on any atom is -0.385 e. The Balaban J connectivity index is 2.00. The van der Waals surface area contributed by atoms with E-state index in [2.05, 4.69) is 38.8 Å². The van der Waals surface area contributed by atoms with Crippen molar-refractivity contribution in [3.8, 4) is 0 Å². The van der Waals surface area contributed by atoms with E-state index in [4.69, 9.17) is 4.74 Å². The molecule has 112 valence electrons. The number of aromatic nitrogens is 3. The molecule has 0 aliphatic rings. The Bertz CT molecular complexity index is 561. The smallest absolute Gasteiger partial charge is 0.244 e. The number of aryl methyl sites for hydroxylation is 1. The molecule has 0 bridgehead atoms. The van der Waals surface area contributed by atoms with Crippen molar-refractivity contribution in [3.05, 3.63) is 36.0 Å². The molecule has 2 rings (SSSR count). The van der Waals surface area contributed by atoms with Crippen molar-refractivity contribution in [1.82, 2.24) is 15.2 Å². The summed E-state index contributed by atoms with van der Waals surface area (Å²) in [5.41, 5.74) is 2.29. The van der Waals surface area contributed by atoms with E-state index < -0.39 is 0 Å². The number of benzene rings is 1. The summed E-state index contributed by atoms with van der Waals surface area (Å²) in [6, 6.07) is 8.17. The summed E-state index contributed by atoms with van der Waals surface area (Å²) >= 11 is 0. The average molecular weight is 287 g/mol. The van der Waals surface area contributed by atoms with Crippen molar-refractivity contribution < 1.29 is 4.74 Å². The van der Waals surface area contributed by atoms with Crippen LogP contribution in [-0.4, -0.2) is 35.4 Å². The van der Waals surface area contributed by atoms with Gasteiger partial charge >= 0.3 is 0 Å². The number of ether oxygens (including phenoxy) is 1. The Hall–Kier alpha value is -2.21. The molecule has 0 saturated carbocycles. The molecule has 1 heterocycles. The maximum Gasteiger partial charge on any atom is 0.244 e. The Morgan fingerprint density at radius 3 is 2.90 bits per heavy atom. The average Bonchev–Trinajstić information content (AvgIpc) is 2.52. The molecule has 6 heteroatoms. The molecule has 1 aromatic carbocycles. The van der Waals surface area contributed by atoms with E-state index in [0.29, 0.717) is 18.4 Å². The van der Waals surface area contributed by atoms with Crippen LogP contribution in [0.15, 0.2) is 30.5 Å². The van der Waals surface area contributed by atoms with Gasteiger partial charge in [-0.1, -0.05) is 25.1 Å². The summed E-state index contributed by atoms with van der Waals surface area (Å²) in [7, 11) is 1.69. The number of nitrogens with zero attached hydrogens (tertiary/aromatic N) is 3. The highest BCUT2D eigenvalue weighted by atomic mass is 16.5. The largest absolute Gasteiger partial charge is 0.385 e. The first-order valence-corrected chi connectivity index (χ1v) is 7.11. The number of methoxy groups -OCH3 is 1. The zero-order valence-electron chi connectivity index (χ0n) is 12.5. The van der Waals surface area contributed by atoms with Crippen molar-refractivity contribution in [3.63, 3.8) is 0 Å². The minimum atomic E-state index is 0.519. The molecule has 0 atom stereocenters. The predicted octanol–water partition coefficient (Wildman–Crippen LogP) is 2.63. The van der Waals surface area contributed by atoms with E-state index >= 15 is 0 Å². The summed E-state index contributed by atoms with van der Waals surface area (Å²) in [6.07, 6.45) is 3.48. The van der Waals surface area contributed by atoms with E-state index in [1.807, 2.05) is 18.2 Å². The fourth-order valence-electron chi connectivity index (χ4n) is 1.94. The number of para-hydroxylation sites is 1. The number of hydrogen-bond acceptors (Lipinski definition) is 6. The van der Waals surface area contributed by atoms with Crippen LogP contribution in [-0.2, 0) is 11.2 Å². The summed E-state index contributed by atoms with van der Waals surface area (Å²) in [6.45, 7) is 3.59. The highest BCUT2D eigenvalue weighted by Crippen LogP contribution is 2.19. The van der Waals surface area contributed by atoms with Crippen LogP contribution in [0.1, 0.15) is 18.9 Å². The fourth-order valence-corrected chi connectivity index (χ4v) is 1.94. The molecule has 0 saturated heterocycles. The molecule has 1 aromatic heterocycles. The summed E-state index contributed by atoms with van der Waals surface area (Å²) < 4.78 is 5.00. The lowest BCUT2D eigenvalue weighted by atomic mass is 10.1. The highest BCUT2D eigenvalue weighted by Gasteiger charge is 2.03. The van der Waals surface area contributed by atoms with Gasteiger partial charge in [-0.3, -0.25) is 0 Å². The highest BCUT2D eigenvalue weighted by molar-refractivity contribution is 5.60. The van der Waals surface area contributed by atoms with Crippen LogP contribution in [0.25, 0.3) is 0 Å². The molecule has 6 nitrogen and oxygen atoms in total. The summed E-state index contributed by atoms with van der Waals surface area (Å²) in [5, 5.41) is 14.4. The maximum absolute atomic E-state index is 5.00. The van der Waals surface area contributed by atoms with E-state index in [-0.39, 0.29) is 0 Å². The zero-order valence-corrected chi connectivity index (χ0v) is 12.5. The first-order valence-electron chi connectivity index (χ1n) is 7.11. The molecule has 0 amide bonds.